The molecule has 0 saturated heterocycles. The minimum absolute atomic E-state index is 0.0155. The number of carbonyl (C=O) groups excluding carboxylic acids is 1. The molecule has 6 nitrogen and oxygen atoms in total. The van der Waals surface area contributed by atoms with E-state index < -0.39 is 0 Å². The average Bonchev–Trinajstić information content (AvgIpc) is 2.61. The molecule has 0 spiro atoms. The summed E-state index contributed by atoms with van der Waals surface area (Å²) < 4.78 is 4.97. The minimum Gasteiger partial charge on any atom is -0.465 e. The van der Waals surface area contributed by atoms with Gasteiger partial charge in [0.05, 0.1) is 12.3 Å². The summed E-state index contributed by atoms with van der Waals surface area (Å²) in [6.07, 6.45) is 1.87. The lowest BCUT2D eigenvalue weighted by Gasteiger charge is -2.20. The highest BCUT2D eigenvalue weighted by molar-refractivity contribution is 7.98. The summed E-state index contributed by atoms with van der Waals surface area (Å²) in [6.45, 7) is 2.08. The van der Waals surface area contributed by atoms with Crippen LogP contribution in [0.5, 0.6) is 0 Å². The van der Waals surface area contributed by atoms with E-state index >= 15 is 0 Å². The molecule has 0 radical (unpaired) electrons. The van der Waals surface area contributed by atoms with Gasteiger partial charge in [-0.3, -0.25) is 4.79 Å². The van der Waals surface area contributed by atoms with Gasteiger partial charge in [0.25, 0.3) is 0 Å². The van der Waals surface area contributed by atoms with Crippen LogP contribution in [-0.2, 0) is 9.53 Å². The van der Waals surface area contributed by atoms with Gasteiger partial charge in [0.15, 0.2) is 11.0 Å². The first-order valence-corrected chi connectivity index (χ1v) is 8.61. The lowest BCUT2D eigenvalue weighted by molar-refractivity contribution is -0.141. The predicted molar refractivity (Wildman–Crippen MR) is 93.9 cm³/mol. The maximum Gasteiger partial charge on any atom is 0.325 e. The number of thioether (sulfide) groups is 1. The second-order valence-corrected chi connectivity index (χ2v) is 5.67. The summed E-state index contributed by atoms with van der Waals surface area (Å²) in [6, 6.07) is 11.6. The Balaban J connectivity index is 2.51. The van der Waals surface area contributed by atoms with Crippen molar-refractivity contribution in [1.29, 1.82) is 5.26 Å². The number of aromatic nitrogens is 2. The summed E-state index contributed by atoms with van der Waals surface area (Å²) in [5, 5.41) is 10.2. The van der Waals surface area contributed by atoms with Gasteiger partial charge in [0, 0.05) is 12.6 Å². The third kappa shape index (κ3) is 4.03. The lowest BCUT2D eigenvalue weighted by atomic mass is 10.1. The fourth-order valence-electron chi connectivity index (χ4n) is 2.18. The van der Waals surface area contributed by atoms with Gasteiger partial charge in [0.2, 0.25) is 0 Å². The van der Waals surface area contributed by atoms with Gasteiger partial charge in [0.1, 0.15) is 18.2 Å². The second kappa shape index (κ2) is 8.31. The van der Waals surface area contributed by atoms with Gasteiger partial charge in [-0.1, -0.05) is 42.1 Å². The summed E-state index contributed by atoms with van der Waals surface area (Å²) in [5.74, 6) is 0.0539. The number of hydrogen-bond acceptors (Lipinski definition) is 7. The van der Waals surface area contributed by atoms with Crippen LogP contribution in [-0.4, -0.2) is 42.4 Å². The first-order valence-electron chi connectivity index (χ1n) is 7.39. The summed E-state index contributed by atoms with van der Waals surface area (Å²) in [7, 11) is 1.71. The van der Waals surface area contributed by atoms with Crippen LogP contribution < -0.4 is 4.90 Å². The van der Waals surface area contributed by atoms with E-state index in [4.69, 9.17) is 4.74 Å². The van der Waals surface area contributed by atoms with Gasteiger partial charge in [-0.25, -0.2) is 9.97 Å². The van der Waals surface area contributed by atoms with Crippen molar-refractivity contribution in [1.82, 2.24) is 9.97 Å². The van der Waals surface area contributed by atoms with E-state index in [2.05, 4.69) is 16.0 Å². The minimum atomic E-state index is -0.366. The fourth-order valence-corrected chi connectivity index (χ4v) is 2.54. The van der Waals surface area contributed by atoms with E-state index in [0.717, 1.165) is 5.56 Å². The van der Waals surface area contributed by atoms with Gasteiger partial charge < -0.3 is 9.64 Å². The molecule has 1 heterocycles. The molecular formula is C17H18N4O2S. The molecule has 7 heteroatoms. The number of esters is 1. The molecule has 0 aliphatic heterocycles. The normalized spacial score (nSPS) is 10.1. The van der Waals surface area contributed by atoms with E-state index in [0.29, 0.717) is 28.8 Å². The van der Waals surface area contributed by atoms with Crippen LogP contribution in [0.15, 0.2) is 35.5 Å². The molecule has 0 saturated carbocycles. The summed E-state index contributed by atoms with van der Waals surface area (Å²) >= 11 is 1.38. The van der Waals surface area contributed by atoms with E-state index in [-0.39, 0.29) is 12.5 Å². The Morgan fingerprint density at radius 2 is 2.04 bits per heavy atom. The van der Waals surface area contributed by atoms with Crippen LogP contribution >= 0.6 is 11.8 Å². The maximum atomic E-state index is 11.7. The van der Waals surface area contributed by atoms with Crippen molar-refractivity contribution in [2.45, 2.75) is 12.1 Å². The molecule has 2 aromatic rings. The van der Waals surface area contributed by atoms with Gasteiger partial charge in [-0.05, 0) is 13.2 Å². The van der Waals surface area contributed by atoms with Crippen molar-refractivity contribution in [3.8, 4) is 17.3 Å². The number of ether oxygens (including phenoxy) is 1. The van der Waals surface area contributed by atoms with Crippen LogP contribution in [0.4, 0.5) is 5.82 Å². The quantitative estimate of drug-likeness (QED) is 0.454. The molecule has 124 valence electrons. The third-order valence-corrected chi connectivity index (χ3v) is 3.79. The molecule has 0 amide bonds. The first kappa shape index (κ1) is 17.8. The van der Waals surface area contributed by atoms with Crippen LogP contribution in [0.25, 0.3) is 11.3 Å². The largest absolute Gasteiger partial charge is 0.465 e. The fraction of sp³-hybridized carbons (Fsp3) is 0.294. The highest BCUT2D eigenvalue weighted by atomic mass is 32.2. The number of carbonyl (C=O) groups is 1. The van der Waals surface area contributed by atoms with Gasteiger partial charge >= 0.3 is 5.97 Å². The smallest absolute Gasteiger partial charge is 0.325 e. The Bertz CT molecular complexity index is 759. The monoisotopic (exact) mass is 342 g/mol. The van der Waals surface area contributed by atoms with Crippen LogP contribution in [0.1, 0.15) is 12.5 Å². The van der Waals surface area contributed by atoms with E-state index in [1.54, 1.807) is 18.9 Å². The molecule has 0 atom stereocenters. The molecule has 1 aromatic carbocycles. The molecular weight excluding hydrogens is 324 g/mol. The number of anilines is 1. The number of hydrogen-bond donors (Lipinski definition) is 0. The molecule has 0 aliphatic carbocycles. The van der Waals surface area contributed by atoms with Crippen LogP contribution in [0.2, 0.25) is 0 Å². The molecule has 24 heavy (non-hydrogen) atoms. The summed E-state index contributed by atoms with van der Waals surface area (Å²) in [5.41, 5.74) is 1.73. The van der Waals surface area contributed by atoms with Crippen LogP contribution in [0, 0.1) is 11.3 Å². The summed E-state index contributed by atoms with van der Waals surface area (Å²) in [4.78, 5) is 22.2. The topological polar surface area (TPSA) is 79.1 Å². The standard InChI is InChI=1S/C17H18N4O2S/c1-4-23-14(22)11-21(2)16-13(10-18)15(19-17(20-16)24-3)12-8-6-5-7-9-12/h5-9H,4,11H2,1-3H3. The molecule has 0 N–H and O–H groups in total. The Kier molecular flexibility index (Phi) is 6.15. The average molecular weight is 342 g/mol. The van der Waals surface area contributed by atoms with Crippen LogP contribution in [0.3, 0.4) is 0 Å². The lowest BCUT2D eigenvalue weighted by Crippen LogP contribution is -2.29. The molecule has 0 bridgehead atoms. The van der Waals surface area contributed by atoms with Gasteiger partial charge in [-0.15, -0.1) is 0 Å². The van der Waals surface area contributed by atoms with Crippen molar-refractivity contribution in [3.05, 3.63) is 35.9 Å². The Hall–Kier alpha value is -2.59. The van der Waals surface area contributed by atoms with Crippen molar-refractivity contribution in [3.63, 3.8) is 0 Å². The number of benzene rings is 1. The predicted octanol–water partition coefficient (Wildman–Crippen LogP) is 2.74. The zero-order valence-corrected chi connectivity index (χ0v) is 14.6. The number of nitrogens with zero attached hydrogens (tertiary/aromatic N) is 4. The van der Waals surface area contributed by atoms with Crippen molar-refractivity contribution < 1.29 is 9.53 Å². The zero-order valence-electron chi connectivity index (χ0n) is 13.8. The molecule has 2 rings (SSSR count). The highest BCUT2D eigenvalue weighted by Gasteiger charge is 2.20. The van der Waals surface area contributed by atoms with Crippen molar-refractivity contribution in [2.24, 2.45) is 0 Å². The SMILES string of the molecule is CCOC(=O)CN(C)c1nc(SC)nc(-c2ccccc2)c1C#N. The zero-order chi connectivity index (χ0) is 17.5. The first-order chi connectivity index (χ1) is 11.6. The van der Waals surface area contributed by atoms with E-state index in [9.17, 15) is 10.1 Å². The van der Waals surface area contributed by atoms with E-state index in [1.807, 2.05) is 36.6 Å². The highest BCUT2D eigenvalue weighted by Crippen LogP contribution is 2.29. The van der Waals surface area contributed by atoms with Crippen molar-refractivity contribution >= 4 is 23.5 Å². The molecule has 0 fully saturated rings. The van der Waals surface area contributed by atoms with Gasteiger partial charge in [-0.2, -0.15) is 5.26 Å². The second-order valence-electron chi connectivity index (χ2n) is 4.90. The Morgan fingerprint density at radius 3 is 2.62 bits per heavy atom. The number of rotatable bonds is 6. The Labute approximate surface area is 145 Å². The van der Waals surface area contributed by atoms with E-state index in [1.165, 1.54) is 11.8 Å². The molecule has 0 unspecified atom stereocenters. The Morgan fingerprint density at radius 1 is 1.33 bits per heavy atom. The third-order valence-electron chi connectivity index (χ3n) is 3.24. The van der Waals surface area contributed by atoms with Crippen molar-refractivity contribution in [2.75, 3.05) is 31.4 Å². The molecule has 1 aromatic heterocycles. The number of likely N-dealkylation sites (N-methyl/N-ethyl adjacent to an activating group) is 1. The molecule has 0 aliphatic rings. The number of nitriles is 1. The maximum absolute atomic E-state index is 11.7.